The Hall–Kier alpha value is -4.12. The molecule has 0 bridgehead atoms. The summed E-state index contributed by atoms with van der Waals surface area (Å²) in [5.74, 6) is -0.598. The Labute approximate surface area is 270 Å². The monoisotopic (exact) mass is 646 g/mol. The summed E-state index contributed by atoms with van der Waals surface area (Å²) in [6.45, 7) is 3.22. The van der Waals surface area contributed by atoms with Crippen LogP contribution in [0.4, 0.5) is 13.6 Å². The number of hydrogen-bond donors (Lipinski definition) is 1. The molecule has 1 aliphatic heterocycles. The number of nitrogens with zero attached hydrogens (tertiary/aromatic N) is 3. The maximum absolute atomic E-state index is 13.6. The fourth-order valence-electron chi connectivity index (χ4n) is 5.82. The first-order valence-electron chi connectivity index (χ1n) is 15.6. The topological polar surface area (TPSA) is 73.0 Å². The fraction of sp³-hybridized carbons (Fsp3) is 0.306. The fourth-order valence-corrected chi connectivity index (χ4v) is 6.95. The summed E-state index contributed by atoms with van der Waals surface area (Å²) < 4.78 is 57.7. The van der Waals surface area contributed by atoms with Crippen molar-refractivity contribution < 1.29 is 22.0 Å². The van der Waals surface area contributed by atoms with Crippen molar-refractivity contribution in [1.82, 2.24) is 18.8 Å². The molecule has 0 unspecified atom stereocenters. The number of nitrogens with one attached hydrogen (secondary N) is 1. The van der Waals surface area contributed by atoms with Gasteiger partial charge in [-0.25, -0.2) is 18.3 Å². The number of carbonyl (C=O) groups excluding carboxylic acids is 1. The molecule has 2 amide bonds. The van der Waals surface area contributed by atoms with E-state index in [1.54, 1.807) is 29.2 Å². The molecule has 5 rings (SSSR count). The van der Waals surface area contributed by atoms with Gasteiger partial charge in [0.1, 0.15) is 11.6 Å². The van der Waals surface area contributed by atoms with Gasteiger partial charge in [-0.15, -0.1) is 0 Å². The summed E-state index contributed by atoms with van der Waals surface area (Å²) in [6.07, 6.45) is 2.15. The van der Waals surface area contributed by atoms with E-state index in [1.165, 1.54) is 28.6 Å². The predicted octanol–water partition coefficient (Wildman–Crippen LogP) is 6.19. The number of benzene rings is 4. The van der Waals surface area contributed by atoms with Crippen molar-refractivity contribution in [2.75, 3.05) is 39.3 Å². The zero-order chi connectivity index (χ0) is 32.4. The number of rotatable bonds is 13. The number of urea groups is 1. The lowest BCUT2D eigenvalue weighted by molar-refractivity contribution is 0.140. The molecule has 0 atom stereocenters. The van der Waals surface area contributed by atoms with Crippen LogP contribution in [0.3, 0.4) is 0 Å². The number of halogens is 2. The summed E-state index contributed by atoms with van der Waals surface area (Å²) in [6, 6.07) is 31.3. The molecule has 46 heavy (non-hydrogen) atoms. The first-order valence-corrected chi connectivity index (χ1v) is 17.1. The molecule has 1 aliphatic rings. The van der Waals surface area contributed by atoms with E-state index in [2.05, 4.69) is 9.62 Å². The van der Waals surface area contributed by atoms with Crippen molar-refractivity contribution in [3.05, 3.63) is 143 Å². The second kappa shape index (κ2) is 15.9. The number of hydrogen-bond acceptors (Lipinski definition) is 4. The van der Waals surface area contributed by atoms with E-state index in [4.69, 9.17) is 0 Å². The van der Waals surface area contributed by atoms with E-state index >= 15 is 0 Å². The number of amides is 2. The molecule has 1 heterocycles. The minimum Gasteiger partial charge on any atom is -0.321 e. The van der Waals surface area contributed by atoms with E-state index in [9.17, 15) is 22.0 Å². The average Bonchev–Trinajstić information content (AvgIpc) is 3.07. The van der Waals surface area contributed by atoms with Gasteiger partial charge in [0.2, 0.25) is 0 Å². The first-order chi connectivity index (χ1) is 22.3. The zero-order valence-corrected chi connectivity index (χ0v) is 26.6. The third kappa shape index (κ3) is 9.45. The van der Waals surface area contributed by atoms with Gasteiger partial charge in [-0.1, -0.05) is 84.9 Å². The molecule has 1 fully saturated rings. The minimum atomic E-state index is -4.10. The van der Waals surface area contributed by atoms with Crippen molar-refractivity contribution >= 4 is 16.2 Å². The molecule has 4 aromatic carbocycles. The van der Waals surface area contributed by atoms with Gasteiger partial charge < -0.3 is 4.90 Å². The summed E-state index contributed by atoms with van der Waals surface area (Å²) in [5.41, 5.74) is 3.80. The Kier molecular flexibility index (Phi) is 11.5. The van der Waals surface area contributed by atoms with Crippen LogP contribution in [0.2, 0.25) is 0 Å². The van der Waals surface area contributed by atoms with Gasteiger partial charge >= 0.3 is 16.2 Å². The molecule has 7 nitrogen and oxygen atoms in total. The van der Waals surface area contributed by atoms with Crippen LogP contribution in [0.15, 0.2) is 109 Å². The molecule has 242 valence electrons. The highest BCUT2D eigenvalue weighted by Gasteiger charge is 2.29. The molecular formula is C36H40F2N4O3S. The van der Waals surface area contributed by atoms with Crippen molar-refractivity contribution in [1.29, 1.82) is 0 Å². The Balaban J connectivity index is 1.14. The summed E-state index contributed by atoms with van der Waals surface area (Å²) in [7, 11) is -4.10. The van der Waals surface area contributed by atoms with Crippen molar-refractivity contribution in [2.45, 2.75) is 31.7 Å². The predicted molar refractivity (Wildman–Crippen MR) is 176 cm³/mol. The van der Waals surface area contributed by atoms with Gasteiger partial charge in [0, 0.05) is 45.2 Å². The lowest BCUT2D eigenvalue weighted by Gasteiger charge is -2.35. The van der Waals surface area contributed by atoms with E-state index in [0.717, 1.165) is 41.6 Å². The standard InChI is InChI=1S/C36H40F2N4O3S/c37-33-17-13-31(14-18-33)35(32-15-19-34(38)20-16-32)12-7-22-40-24-26-41(27-25-40)36(43)39-46(44,45)42(28-30-10-5-2-6-11-30)23-21-29-8-3-1-4-9-29/h1-6,8-11,13-20,35H,7,12,21-28H2,(H,39,43). The van der Waals surface area contributed by atoms with Crippen molar-refractivity contribution in [2.24, 2.45) is 0 Å². The van der Waals surface area contributed by atoms with E-state index < -0.39 is 16.2 Å². The second-order valence-corrected chi connectivity index (χ2v) is 13.3. The Morgan fingerprint density at radius 3 is 1.80 bits per heavy atom. The largest absolute Gasteiger partial charge is 0.332 e. The molecule has 0 saturated carbocycles. The van der Waals surface area contributed by atoms with E-state index in [-0.39, 0.29) is 30.6 Å². The lowest BCUT2D eigenvalue weighted by atomic mass is 9.87. The maximum Gasteiger partial charge on any atom is 0.332 e. The summed E-state index contributed by atoms with van der Waals surface area (Å²) in [4.78, 5) is 17.0. The zero-order valence-electron chi connectivity index (χ0n) is 25.8. The highest BCUT2D eigenvalue weighted by Crippen LogP contribution is 2.30. The lowest BCUT2D eigenvalue weighted by Crippen LogP contribution is -2.54. The SMILES string of the molecule is O=C(NS(=O)(=O)N(CCc1ccccc1)Cc1ccccc1)N1CCN(CCCC(c2ccc(F)cc2)c2ccc(F)cc2)CC1. The molecule has 0 aromatic heterocycles. The molecular weight excluding hydrogens is 606 g/mol. The van der Waals surface area contributed by atoms with Gasteiger partial charge in [-0.3, -0.25) is 4.90 Å². The van der Waals surface area contributed by atoms with Gasteiger partial charge in [0.15, 0.2) is 0 Å². The van der Waals surface area contributed by atoms with Gasteiger partial charge in [-0.2, -0.15) is 12.7 Å². The van der Waals surface area contributed by atoms with Crippen LogP contribution in [-0.2, 0) is 23.2 Å². The molecule has 10 heteroatoms. The molecule has 4 aromatic rings. The number of piperazine rings is 1. The Morgan fingerprint density at radius 2 is 1.26 bits per heavy atom. The molecule has 0 aliphatic carbocycles. The van der Waals surface area contributed by atoms with Gasteiger partial charge in [0.05, 0.1) is 0 Å². The van der Waals surface area contributed by atoms with Crippen LogP contribution in [0.1, 0.15) is 41.0 Å². The molecule has 1 saturated heterocycles. The molecule has 1 N–H and O–H groups in total. The van der Waals surface area contributed by atoms with Gasteiger partial charge in [-0.05, 0) is 72.3 Å². The third-order valence-electron chi connectivity index (χ3n) is 8.42. The smallest absolute Gasteiger partial charge is 0.321 e. The highest BCUT2D eigenvalue weighted by atomic mass is 32.2. The Bertz CT molecular complexity index is 1590. The summed E-state index contributed by atoms with van der Waals surface area (Å²) in [5, 5.41) is 0. The Morgan fingerprint density at radius 1 is 0.739 bits per heavy atom. The van der Waals surface area contributed by atoms with Crippen LogP contribution in [0.5, 0.6) is 0 Å². The molecule has 0 radical (unpaired) electrons. The normalized spacial score (nSPS) is 14.1. The van der Waals surface area contributed by atoms with Crippen LogP contribution in [0.25, 0.3) is 0 Å². The van der Waals surface area contributed by atoms with Crippen molar-refractivity contribution in [3.63, 3.8) is 0 Å². The summed E-state index contributed by atoms with van der Waals surface area (Å²) >= 11 is 0. The van der Waals surface area contributed by atoms with Crippen LogP contribution in [-0.4, -0.2) is 67.8 Å². The van der Waals surface area contributed by atoms with Crippen LogP contribution in [0, 0.1) is 11.6 Å². The number of carbonyl (C=O) groups is 1. The van der Waals surface area contributed by atoms with Gasteiger partial charge in [0.25, 0.3) is 0 Å². The first kappa shape index (κ1) is 33.2. The second-order valence-electron chi connectivity index (χ2n) is 11.6. The molecule has 0 spiro atoms. The maximum atomic E-state index is 13.6. The average molecular weight is 647 g/mol. The van der Waals surface area contributed by atoms with Crippen LogP contribution >= 0.6 is 0 Å². The van der Waals surface area contributed by atoms with Crippen LogP contribution < -0.4 is 4.72 Å². The minimum absolute atomic E-state index is 0.000744. The highest BCUT2D eigenvalue weighted by molar-refractivity contribution is 7.87. The van der Waals surface area contributed by atoms with E-state index in [1.807, 2.05) is 60.7 Å². The quantitative estimate of drug-likeness (QED) is 0.188. The van der Waals surface area contributed by atoms with Crippen molar-refractivity contribution in [3.8, 4) is 0 Å². The van der Waals surface area contributed by atoms with E-state index in [0.29, 0.717) is 32.6 Å². The third-order valence-corrected chi connectivity index (χ3v) is 9.85.